The fraction of sp³-hybridized carbons (Fsp3) is 0.571. The summed E-state index contributed by atoms with van der Waals surface area (Å²) in [7, 11) is 0. The Kier molecular flexibility index (Phi) is 8.17. The minimum absolute atomic E-state index is 0.189. The average molecular weight is 347 g/mol. The first-order chi connectivity index (χ1) is 11.6. The molecule has 0 fully saturated rings. The second-order valence-corrected chi connectivity index (χ2v) is 7.89. The Bertz CT molecular complexity index is 534. The fourth-order valence-corrected chi connectivity index (χ4v) is 2.69. The van der Waals surface area contributed by atoms with Crippen LogP contribution in [0.15, 0.2) is 43.0 Å². The maximum absolute atomic E-state index is 12.2. The van der Waals surface area contributed by atoms with Crippen molar-refractivity contribution in [2.75, 3.05) is 0 Å². The van der Waals surface area contributed by atoms with E-state index in [2.05, 4.69) is 25.7 Å². The Morgan fingerprint density at radius 3 is 2.36 bits per heavy atom. The minimum atomic E-state index is -0.682. The maximum Gasteiger partial charge on any atom is 0.407 e. The van der Waals surface area contributed by atoms with Gasteiger partial charge in [0.15, 0.2) is 0 Å². The van der Waals surface area contributed by atoms with Gasteiger partial charge < -0.3 is 15.2 Å². The van der Waals surface area contributed by atoms with Crippen LogP contribution in [0.5, 0.6) is 0 Å². The number of hydrogen-bond acceptors (Lipinski definition) is 3. The lowest BCUT2D eigenvalue weighted by atomic mass is 9.87. The van der Waals surface area contributed by atoms with E-state index in [0.717, 1.165) is 5.56 Å². The van der Waals surface area contributed by atoms with Crippen LogP contribution in [0.4, 0.5) is 4.79 Å². The van der Waals surface area contributed by atoms with E-state index in [1.165, 1.54) is 0 Å². The highest BCUT2D eigenvalue weighted by Crippen LogP contribution is 2.21. The number of ether oxygens (including phenoxy) is 1. The molecule has 0 aliphatic rings. The van der Waals surface area contributed by atoms with E-state index in [1.807, 2.05) is 57.2 Å². The van der Waals surface area contributed by atoms with Gasteiger partial charge in [-0.2, -0.15) is 0 Å². The van der Waals surface area contributed by atoms with E-state index in [4.69, 9.17) is 4.74 Å². The van der Waals surface area contributed by atoms with Crippen LogP contribution in [0.2, 0.25) is 0 Å². The third kappa shape index (κ3) is 8.21. The quantitative estimate of drug-likeness (QED) is 0.688. The highest BCUT2D eigenvalue weighted by Gasteiger charge is 2.27. The second-order valence-electron chi connectivity index (χ2n) is 7.89. The number of aliphatic hydroxyl groups excluding tert-OH is 1. The van der Waals surface area contributed by atoms with Crippen molar-refractivity contribution in [2.24, 2.45) is 11.8 Å². The van der Waals surface area contributed by atoms with Crippen LogP contribution in [-0.4, -0.2) is 28.9 Å². The van der Waals surface area contributed by atoms with Crippen molar-refractivity contribution in [1.82, 2.24) is 5.32 Å². The van der Waals surface area contributed by atoms with E-state index in [9.17, 15) is 9.90 Å². The first-order valence-electron chi connectivity index (χ1n) is 8.96. The van der Waals surface area contributed by atoms with Gasteiger partial charge in [-0.3, -0.25) is 0 Å². The Labute approximate surface area is 152 Å². The van der Waals surface area contributed by atoms with Crippen molar-refractivity contribution in [3.63, 3.8) is 0 Å². The lowest BCUT2D eigenvalue weighted by Gasteiger charge is -2.29. The van der Waals surface area contributed by atoms with Gasteiger partial charge >= 0.3 is 6.09 Å². The van der Waals surface area contributed by atoms with Crippen molar-refractivity contribution in [3.05, 3.63) is 48.6 Å². The van der Waals surface area contributed by atoms with Gasteiger partial charge in [0.25, 0.3) is 0 Å². The summed E-state index contributed by atoms with van der Waals surface area (Å²) in [5.41, 5.74) is 0.482. The smallest absolute Gasteiger partial charge is 0.407 e. The molecule has 1 aromatic carbocycles. The number of alkyl carbamates (subject to hydrolysis) is 1. The zero-order chi connectivity index (χ0) is 19.0. The third-order valence-electron chi connectivity index (χ3n) is 4.14. The van der Waals surface area contributed by atoms with E-state index in [-0.39, 0.29) is 5.92 Å². The SMILES string of the molecule is C=CC(C[C@H](O)[C@H](Cc1ccccc1)NC(=O)OC(C)(C)C)C(C)C. The Morgan fingerprint density at radius 1 is 1.28 bits per heavy atom. The number of hydrogen-bond donors (Lipinski definition) is 2. The molecule has 0 spiro atoms. The Morgan fingerprint density at radius 2 is 1.88 bits per heavy atom. The van der Waals surface area contributed by atoms with Crippen molar-refractivity contribution in [1.29, 1.82) is 0 Å². The lowest BCUT2D eigenvalue weighted by Crippen LogP contribution is -2.47. The predicted octanol–water partition coefficient (Wildman–Crippen LogP) is 4.33. The number of carbonyl (C=O) groups excluding carboxylic acids is 1. The molecule has 140 valence electrons. The Hall–Kier alpha value is -1.81. The van der Waals surface area contributed by atoms with Gasteiger partial charge in [0, 0.05) is 0 Å². The molecular formula is C21H33NO3. The molecule has 0 bridgehead atoms. The van der Waals surface area contributed by atoms with Gasteiger partial charge in [-0.25, -0.2) is 4.79 Å². The van der Waals surface area contributed by atoms with Crippen LogP contribution in [0, 0.1) is 11.8 Å². The fourth-order valence-electron chi connectivity index (χ4n) is 2.69. The van der Waals surface area contributed by atoms with Gasteiger partial charge in [0.05, 0.1) is 12.1 Å². The number of allylic oxidation sites excluding steroid dienone is 1. The molecule has 1 amide bonds. The minimum Gasteiger partial charge on any atom is -0.444 e. The molecule has 0 saturated heterocycles. The summed E-state index contributed by atoms with van der Waals surface area (Å²) in [5.74, 6) is 0.569. The topological polar surface area (TPSA) is 58.6 Å². The molecule has 0 aromatic heterocycles. The number of carbonyl (C=O) groups is 1. The molecular weight excluding hydrogens is 314 g/mol. The summed E-state index contributed by atoms with van der Waals surface area (Å²) in [6, 6.07) is 9.41. The average Bonchev–Trinajstić information content (AvgIpc) is 2.50. The molecule has 0 aliphatic carbocycles. The predicted molar refractivity (Wildman–Crippen MR) is 102 cm³/mol. The summed E-state index contributed by atoms with van der Waals surface area (Å²) in [6.07, 6.45) is 1.78. The van der Waals surface area contributed by atoms with Crippen LogP contribution in [0.1, 0.15) is 46.6 Å². The van der Waals surface area contributed by atoms with E-state index < -0.39 is 23.8 Å². The monoisotopic (exact) mass is 347 g/mol. The van der Waals surface area contributed by atoms with E-state index in [1.54, 1.807) is 0 Å². The van der Waals surface area contributed by atoms with Gasteiger partial charge in [0.1, 0.15) is 5.60 Å². The summed E-state index contributed by atoms with van der Waals surface area (Å²) < 4.78 is 5.35. The first-order valence-corrected chi connectivity index (χ1v) is 8.96. The van der Waals surface area contributed by atoms with E-state index in [0.29, 0.717) is 18.8 Å². The van der Waals surface area contributed by atoms with Gasteiger partial charge in [0.2, 0.25) is 0 Å². The van der Waals surface area contributed by atoms with E-state index >= 15 is 0 Å². The van der Waals surface area contributed by atoms with Crippen molar-refractivity contribution in [3.8, 4) is 0 Å². The zero-order valence-corrected chi connectivity index (χ0v) is 16.2. The third-order valence-corrected chi connectivity index (χ3v) is 4.14. The summed E-state index contributed by atoms with van der Waals surface area (Å²) in [6.45, 7) is 13.5. The van der Waals surface area contributed by atoms with Gasteiger partial charge in [-0.05, 0) is 51.0 Å². The highest BCUT2D eigenvalue weighted by molar-refractivity contribution is 5.68. The Balaban J connectivity index is 2.86. The number of rotatable bonds is 8. The largest absolute Gasteiger partial charge is 0.444 e. The molecule has 0 radical (unpaired) electrons. The van der Waals surface area contributed by atoms with Gasteiger partial charge in [-0.15, -0.1) is 6.58 Å². The normalized spacial score (nSPS) is 15.3. The number of aliphatic hydroxyl groups is 1. The maximum atomic E-state index is 12.2. The molecule has 2 N–H and O–H groups in total. The number of benzene rings is 1. The van der Waals surface area contributed by atoms with Crippen LogP contribution in [0.25, 0.3) is 0 Å². The molecule has 4 heteroatoms. The van der Waals surface area contributed by atoms with Crippen molar-refractivity contribution >= 4 is 6.09 Å². The molecule has 0 saturated carbocycles. The van der Waals surface area contributed by atoms with Crippen LogP contribution < -0.4 is 5.32 Å². The molecule has 25 heavy (non-hydrogen) atoms. The lowest BCUT2D eigenvalue weighted by molar-refractivity contribution is 0.0393. The molecule has 3 atom stereocenters. The summed E-state index contributed by atoms with van der Waals surface area (Å²) in [4.78, 5) is 12.2. The zero-order valence-electron chi connectivity index (χ0n) is 16.2. The first kappa shape index (κ1) is 21.2. The van der Waals surface area contributed by atoms with Crippen LogP contribution in [0.3, 0.4) is 0 Å². The molecule has 0 aliphatic heterocycles. The number of amides is 1. The molecule has 1 aromatic rings. The van der Waals surface area contributed by atoms with Crippen LogP contribution >= 0.6 is 0 Å². The molecule has 4 nitrogen and oxygen atoms in total. The number of nitrogens with one attached hydrogen (secondary N) is 1. The molecule has 1 rings (SSSR count). The van der Waals surface area contributed by atoms with Crippen molar-refractivity contribution < 1.29 is 14.6 Å². The van der Waals surface area contributed by atoms with Crippen LogP contribution in [-0.2, 0) is 11.2 Å². The standard InChI is InChI=1S/C21H33NO3/c1-7-17(15(2)3)14-19(23)18(13-16-11-9-8-10-12-16)22-20(24)25-21(4,5)6/h7-12,15,17-19,23H,1,13-14H2,2-6H3,(H,22,24)/t17?,18-,19-/m0/s1. The summed E-state index contributed by atoms with van der Waals surface area (Å²) in [5, 5.41) is 13.6. The van der Waals surface area contributed by atoms with Gasteiger partial charge in [-0.1, -0.05) is 50.3 Å². The highest BCUT2D eigenvalue weighted by atomic mass is 16.6. The molecule has 0 heterocycles. The second kappa shape index (κ2) is 9.62. The van der Waals surface area contributed by atoms with Crippen molar-refractivity contribution in [2.45, 2.75) is 65.2 Å². The summed E-state index contributed by atoms with van der Waals surface area (Å²) >= 11 is 0. The molecule has 1 unspecified atom stereocenters.